The van der Waals surface area contributed by atoms with Crippen molar-refractivity contribution in [3.8, 4) is 0 Å². The van der Waals surface area contributed by atoms with Gasteiger partial charge >= 0.3 is 0 Å². The Kier molecular flexibility index (Phi) is 3.93. The van der Waals surface area contributed by atoms with E-state index >= 15 is 0 Å². The van der Waals surface area contributed by atoms with E-state index in [0.717, 1.165) is 17.0 Å². The molecule has 1 atom stereocenters. The molecule has 2 rings (SSSR count). The number of para-hydroxylation sites is 1. The fourth-order valence-corrected chi connectivity index (χ4v) is 2.39. The third kappa shape index (κ3) is 2.50. The summed E-state index contributed by atoms with van der Waals surface area (Å²) >= 11 is 0. The standard InChI is InChI=1S/C14H15F2NO2/c1-2-12(18)9-5-4-8-17(14(9)19)13-10(15)6-3-7-11(13)16/h3,6-7,9H,2,4-5,8H2,1H3/t9-/m1/s1. The summed E-state index contributed by atoms with van der Waals surface area (Å²) in [5.74, 6) is -3.00. The lowest BCUT2D eigenvalue weighted by Gasteiger charge is -2.31. The Hall–Kier alpha value is -1.78. The van der Waals surface area contributed by atoms with Crippen LogP contribution in [0.5, 0.6) is 0 Å². The number of hydrogen-bond donors (Lipinski definition) is 0. The molecule has 0 unspecified atom stereocenters. The summed E-state index contributed by atoms with van der Waals surface area (Å²) in [6.07, 6.45) is 1.28. The van der Waals surface area contributed by atoms with Crippen LogP contribution in [-0.2, 0) is 9.59 Å². The third-order valence-electron chi connectivity index (χ3n) is 3.38. The van der Waals surface area contributed by atoms with Gasteiger partial charge in [0, 0.05) is 13.0 Å². The molecule has 1 aliphatic heterocycles. The van der Waals surface area contributed by atoms with E-state index in [2.05, 4.69) is 0 Å². The first kappa shape index (κ1) is 13.6. The summed E-state index contributed by atoms with van der Waals surface area (Å²) in [5, 5.41) is 0. The molecule has 1 aliphatic rings. The number of anilines is 1. The Morgan fingerprint density at radius 1 is 1.37 bits per heavy atom. The molecule has 0 aliphatic carbocycles. The smallest absolute Gasteiger partial charge is 0.237 e. The first-order chi connectivity index (χ1) is 9.06. The van der Waals surface area contributed by atoms with E-state index in [1.165, 1.54) is 6.07 Å². The van der Waals surface area contributed by atoms with Crippen molar-refractivity contribution in [3.05, 3.63) is 29.8 Å². The lowest BCUT2D eigenvalue weighted by atomic mass is 9.91. The fourth-order valence-electron chi connectivity index (χ4n) is 2.39. The number of ketones is 1. The van der Waals surface area contributed by atoms with Crippen LogP contribution in [0, 0.1) is 17.6 Å². The van der Waals surface area contributed by atoms with Crippen LogP contribution in [0.3, 0.4) is 0 Å². The number of rotatable bonds is 3. The molecular formula is C14H15F2NO2. The lowest BCUT2D eigenvalue weighted by Crippen LogP contribution is -2.45. The van der Waals surface area contributed by atoms with Crippen molar-refractivity contribution in [2.24, 2.45) is 5.92 Å². The zero-order valence-electron chi connectivity index (χ0n) is 10.7. The minimum Gasteiger partial charge on any atom is -0.307 e. The average molecular weight is 267 g/mol. The Bertz CT molecular complexity index is 496. The molecule has 102 valence electrons. The van der Waals surface area contributed by atoms with Crippen LogP contribution < -0.4 is 4.90 Å². The van der Waals surface area contributed by atoms with Gasteiger partial charge in [-0.3, -0.25) is 9.59 Å². The highest BCUT2D eigenvalue weighted by Crippen LogP contribution is 2.29. The Morgan fingerprint density at radius 3 is 2.58 bits per heavy atom. The molecule has 1 fully saturated rings. The van der Waals surface area contributed by atoms with Gasteiger partial charge in [-0.2, -0.15) is 0 Å². The van der Waals surface area contributed by atoms with Crippen LogP contribution in [0.2, 0.25) is 0 Å². The number of benzene rings is 1. The number of hydrogen-bond acceptors (Lipinski definition) is 2. The van der Waals surface area contributed by atoms with E-state index in [-0.39, 0.29) is 24.4 Å². The Morgan fingerprint density at radius 2 is 2.00 bits per heavy atom. The maximum Gasteiger partial charge on any atom is 0.237 e. The number of Topliss-reactive ketones (excluding diaryl/α,β-unsaturated/α-hetero) is 1. The van der Waals surface area contributed by atoms with Crippen molar-refractivity contribution in [3.63, 3.8) is 0 Å². The second-order valence-corrected chi connectivity index (χ2v) is 4.57. The van der Waals surface area contributed by atoms with Crippen LogP contribution in [0.1, 0.15) is 26.2 Å². The second kappa shape index (κ2) is 5.47. The highest BCUT2D eigenvalue weighted by Gasteiger charge is 2.35. The molecule has 1 aromatic carbocycles. The summed E-state index contributed by atoms with van der Waals surface area (Å²) in [7, 11) is 0. The summed E-state index contributed by atoms with van der Waals surface area (Å²) in [5.41, 5.74) is -0.346. The van der Waals surface area contributed by atoms with Gasteiger partial charge in [0.1, 0.15) is 23.1 Å². The maximum absolute atomic E-state index is 13.7. The van der Waals surface area contributed by atoms with E-state index in [1.807, 2.05) is 0 Å². The Labute approximate surface area is 110 Å². The molecular weight excluding hydrogens is 252 g/mol. The predicted octanol–water partition coefficient (Wildman–Crippen LogP) is 2.69. The largest absolute Gasteiger partial charge is 0.307 e. The summed E-state index contributed by atoms with van der Waals surface area (Å²) < 4.78 is 27.4. The fraction of sp³-hybridized carbons (Fsp3) is 0.429. The van der Waals surface area contributed by atoms with Gasteiger partial charge in [0.25, 0.3) is 0 Å². The van der Waals surface area contributed by atoms with Crippen LogP contribution in [0.25, 0.3) is 0 Å². The van der Waals surface area contributed by atoms with Gasteiger partial charge < -0.3 is 4.90 Å². The second-order valence-electron chi connectivity index (χ2n) is 4.57. The molecule has 1 heterocycles. The normalized spacial score (nSPS) is 19.6. The molecule has 0 spiro atoms. The van der Waals surface area contributed by atoms with Gasteiger partial charge in [-0.1, -0.05) is 13.0 Å². The predicted molar refractivity (Wildman–Crippen MR) is 66.7 cm³/mol. The SMILES string of the molecule is CCC(=O)[C@H]1CCCN(c2c(F)cccc2F)C1=O. The van der Waals surface area contributed by atoms with Gasteiger partial charge in [0.15, 0.2) is 0 Å². The number of carbonyl (C=O) groups excluding carboxylic acids is 2. The molecule has 0 bridgehead atoms. The van der Waals surface area contributed by atoms with E-state index in [9.17, 15) is 18.4 Å². The average Bonchev–Trinajstić information content (AvgIpc) is 2.39. The monoisotopic (exact) mass is 267 g/mol. The molecule has 5 heteroatoms. The minimum absolute atomic E-state index is 0.175. The van der Waals surface area contributed by atoms with Crippen molar-refractivity contribution in [2.75, 3.05) is 11.4 Å². The Balaban J connectivity index is 2.35. The number of nitrogens with zero attached hydrogens (tertiary/aromatic N) is 1. The number of carbonyl (C=O) groups is 2. The highest BCUT2D eigenvalue weighted by molar-refractivity contribution is 6.09. The van der Waals surface area contributed by atoms with E-state index in [4.69, 9.17) is 0 Å². The topological polar surface area (TPSA) is 37.4 Å². The van der Waals surface area contributed by atoms with Crippen molar-refractivity contribution in [1.82, 2.24) is 0 Å². The highest BCUT2D eigenvalue weighted by atomic mass is 19.1. The van der Waals surface area contributed by atoms with Gasteiger partial charge in [0.05, 0.1) is 5.92 Å². The summed E-state index contributed by atoms with van der Waals surface area (Å²) in [6.45, 7) is 1.92. The number of halogens is 2. The summed E-state index contributed by atoms with van der Waals surface area (Å²) in [4.78, 5) is 25.0. The van der Waals surface area contributed by atoms with E-state index in [1.54, 1.807) is 6.92 Å². The van der Waals surface area contributed by atoms with Crippen LogP contribution >= 0.6 is 0 Å². The van der Waals surface area contributed by atoms with Crippen LogP contribution in [-0.4, -0.2) is 18.2 Å². The zero-order chi connectivity index (χ0) is 14.0. The van der Waals surface area contributed by atoms with Crippen LogP contribution in [0.4, 0.5) is 14.5 Å². The van der Waals surface area contributed by atoms with Crippen molar-refractivity contribution < 1.29 is 18.4 Å². The molecule has 1 aromatic rings. The molecule has 0 saturated carbocycles. The first-order valence-corrected chi connectivity index (χ1v) is 6.34. The zero-order valence-corrected chi connectivity index (χ0v) is 10.7. The lowest BCUT2D eigenvalue weighted by molar-refractivity contribution is -0.133. The quantitative estimate of drug-likeness (QED) is 0.790. The molecule has 3 nitrogen and oxygen atoms in total. The number of amides is 1. The van der Waals surface area contributed by atoms with E-state index in [0.29, 0.717) is 12.8 Å². The van der Waals surface area contributed by atoms with Gasteiger partial charge in [-0.05, 0) is 25.0 Å². The maximum atomic E-state index is 13.7. The molecule has 0 radical (unpaired) electrons. The molecule has 1 saturated heterocycles. The molecule has 0 aromatic heterocycles. The van der Waals surface area contributed by atoms with E-state index < -0.39 is 23.5 Å². The third-order valence-corrected chi connectivity index (χ3v) is 3.38. The molecule has 19 heavy (non-hydrogen) atoms. The number of piperidine rings is 1. The summed E-state index contributed by atoms with van der Waals surface area (Å²) in [6, 6.07) is 3.46. The van der Waals surface area contributed by atoms with Crippen molar-refractivity contribution in [1.29, 1.82) is 0 Å². The van der Waals surface area contributed by atoms with Crippen molar-refractivity contribution >= 4 is 17.4 Å². The van der Waals surface area contributed by atoms with Gasteiger partial charge in [-0.15, -0.1) is 0 Å². The van der Waals surface area contributed by atoms with Crippen molar-refractivity contribution in [2.45, 2.75) is 26.2 Å². The molecule has 1 amide bonds. The van der Waals surface area contributed by atoms with Gasteiger partial charge in [-0.25, -0.2) is 8.78 Å². The first-order valence-electron chi connectivity index (χ1n) is 6.34. The molecule has 0 N–H and O–H groups in total. The van der Waals surface area contributed by atoms with Crippen LogP contribution in [0.15, 0.2) is 18.2 Å². The van der Waals surface area contributed by atoms with Gasteiger partial charge in [0.2, 0.25) is 5.91 Å². The minimum atomic E-state index is -0.780.